The molecule has 33 heavy (non-hydrogen) atoms. The molecule has 0 aliphatic heterocycles. The molecular weight excluding hydrogens is 531 g/mol. The van der Waals surface area contributed by atoms with Gasteiger partial charge in [-0.05, 0) is 58.2 Å². The zero-order valence-corrected chi connectivity index (χ0v) is 20.6. The van der Waals surface area contributed by atoms with E-state index in [2.05, 4.69) is 21.7 Å². The summed E-state index contributed by atoms with van der Waals surface area (Å²) in [5.41, 5.74) is 2.09. The van der Waals surface area contributed by atoms with Crippen LogP contribution in [0.4, 0.5) is 0 Å². The number of aldehydes is 1. The topological polar surface area (TPSA) is 61.8 Å². The highest BCUT2D eigenvalue weighted by molar-refractivity contribution is 14.1. The molecule has 0 fully saturated rings. The van der Waals surface area contributed by atoms with E-state index < -0.39 is 5.97 Å². The first-order valence-electron chi connectivity index (χ1n) is 10.4. The monoisotopic (exact) mass is 556 g/mol. The molecule has 2 rings (SSSR count). The zero-order chi connectivity index (χ0) is 23.7. The SMILES string of the molecule is COc1ccc(COC(=O)COc2ccc(C=C(C#CCCCCC#CI)C=O)cc2)cc1. The molecule has 0 unspecified atom stereocenters. The average Bonchev–Trinajstić information content (AvgIpc) is 2.86. The molecule has 0 aromatic heterocycles. The molecule has 6 heteroatoms. The standard InChI is InChI=1S/C27H25IO5/c1-31-25-13-11-23(12-14-25)20-33-27(30)21-32-26-15-9-22(10-16-26)18-24(19-29)8-6-4-2-3-5-7-17-28/h9-16,18-19H,2-5,20-21H2,1H3. The third kappa shape index (κ3) is 10.8. The predicted octanol–water partition coefficient (Wildman–Crippen LogP) is 5.36. The lowest BCUT2D eigenvalue weighted by Gasteiger charge is -2.08. The van der Waals surface area contributed by atoms with Gasteiger partial charge in [-0.3, -0.25) is 4.79 Å². The van der Waals surface area contributed by atoms with Crippen molar-refractivity contribution in [1.82, 2.24) is 0 Å². The summed E-state index contributed by atoms with van der Waals surface area (Å²) in [5, 5.41) is 0. The Bertz CT molecular complexity index is 1050. The molecule has 170 valence electrons. The van der Waals surface area contributed by atoms with Crippen molar-refractivity contribution in [3.05, 3.63) is 65.2 Å². The molecule has 2 aromatic carbocycles. The molecule has 0 aliphatic rings. The average molecular weight is 556 g/mol. The fourth-order valence-corrected chi connectivity index (χ4v) is 2.92. The molecule has 2 aromatic rings. The number of unbranched alkanes of at least 4 members (excludes halogenated alkanes) is 3. The Kier molecular flexibility index (Phi) is 12.3. The van der Waals surface area contributed by atoms with Crippen LogP contribution in [-0.4, -0.2) is 26.0 Å². The summed E-state index contributed by atoms with van der Waals surface area (Å²) in [6.07, 6.45) is 6.03. The van der Waals surface area contributed by atoms with Crippen molar-refractivity contribution in [3.63, 3.8) is 0 Å². The van der Waals surface area contributed by atoms with Crippen LogP contribution in [0.15, 0.2) is 54.1 Å². The normalized spacial score (nSPS) is 10.2. The number of carbonyl (C=O) groups is 2. The summed E-state index contributed by atoms with van der Waals surface area (Å²) in [5.74, 6) is 9.75. The van der Waals surface area contributed by atoms with E-state index in [1.807, 2.05) is 34.7 Å². The Labute approximate surface area is 208 Å². The lowest BCUT2D eigenvalue weighted by Crippen LogP contribution is -2.14. The number of benzene rings is 2. The zero-order valence-electron chi connectivity index (χ0n) is 18.4. The van der Waals surface area contributed by atoms with Gasteiger partial charge in [0.1, 0.15) is 18.1 Å². The Hall–Kier alpha value is -3.23. The highest BCUT2D eigenvalue weighted by Crippen LogP contribution is 2.15. The van der Waals surface area contributed by atoms with Gasteiger partial charge in [0.15, 0.2) is 12.9 Å². The van der Waals surface area contributed by atoms with Crippen molar-refractivity contribution in [3.8, 4) is 33.2 Å². The molecule has 0 bridgehead atoms. The van der Waals surface area contributed by atoms with E-state index in [-0.39, 0.29) is 13.2 Å². The quantitative estimate of drug-likeness (QED) is 0.0932. The number of halogens is 1. The van der Waals surface area contributed by atoms with E-state index in [0.29, 0.717) is 11.3 Å². The minimum absolute atomic E-state index is 0.165. The Morgan fingerprint density at radius 1 is 0.970 bits per heavy atom. The number of allylic oxidation sites excluding steroid dienone is 1. The van der Waals surface area contributed by atoms with Crippen LogP contribution in [0.2, 0.25) is 0 Å². The first-order chi connectivity index (χ1) is 16.1. The van der Waals surface area contributed by atoms with E-state index >= 15 is 0 Å². The third-order valence-corrected chi connectivity index (χ3v) is 4.78. The first kappa shape index (κ1) is 26.0. The van der Waals surface area contributed by atoms with Crippen molar-refractivity contribution >= 4 is 40.9 Å². The van der Waals surface area contributed by atoms with Crippen molar-refractivity contribution in [1.29, 1.82) is 0 Å². The summed E-state index contributed by atoms with van der Waals surface area (Å²) in [6.45, 7) is -0.0300. The van der Waals surface area contributed by atoms with Crippen molar-refractivity contribution in [2.75, 3.05) is 13.7 Å². The van der Waals surface area contributed by atoms with Crippen molar-refractivity contribution in [2.24, 2.45) is 0 Å². The van der Waals surface area contributed by atoms with Crippen LogP contribution >= 0.6 is 22.6 Å². The van der Waals surface area contributed by atoms with Gasteiger partial charge >= 0.3 is 5.97 Å². The highest BCUT2D eigenvalue weighted by atomic mass is 127. The molecule has 0 saturated carbocycles. The van der Waals surface area contributed by atoms with Crippen LogP contribution in [0, 0.1) is 21.7 Å². The van der Waals surface area contributed by atoms with Crippen molar-refractivity contribution < 1.29 is 23.8 Å². The second kappa shape index (κ2) is 15.6. The van der Waals surface area contributed by atoms with Gasteiger partial charge in [-0.15, -0.1) is 0 Å². The number of hydrogen-bond acceptors (Lipinski definition) is 5. The summed E-state index contributed by atoms with van der Waals surface area (Å²) >= 11 is 2.03. The molecule has 0 aliphatic carbocycles. The smallest absolute Gasteiger partial charge is 0.344 e. The van der Waals surface area contributed by atoms with Crippen LogP contribution in [0.3, 0.4) is 0 Å². The van der Waals surface area contributed by atoms with Gasteiger partial charge in [0.05, 0.1) is 12.7 Å². The maximum atomic E-state index is 11.9. The molecule has 0 heterocycles. The minimum Gasteiger partial charge on any atom is -0.497 e. The molecule has 0 N–H and O–H groups in total. The van der Waals surface area contributed by atoms with Gasteiger partial charge in [-0.2, -0.15) is 0 Å². The number of rotatable bonds is 11. The van der Waals surface area contributed by atoms with E-state index in [1.54, 1.807) is 49.6 Å². The fourth-order valence-electron chi connectivity index (χ4n) is 2.65. The number of esters is 1. The summed E-state index contributed by atoms with van der Waals surface area (Å²) in [6, 6.07) is 14.3. The van der Waals surface area contributed by atoms with Gasteiger partial charge < -0.3 is 14.2 Å². The molecule has 0 spiro atoms. The molecule has 0 radical (unpaired) electrons. The van der Waals surface area contributed by atoms with Crippen LogP contribution in [0.1, 0.15) is 36.8 Å². The first-order valence-corrected chi connectivity index (χ1v) is 11.5. The second-order valence-corrected chi connectivity index (χ2v) is 7.40. The molecule has 0 amide bonds. The Balaban J connectivity index is 1.77. The van der Waals surface area contributed by atoms with E-state index in [9.17, 15) is 9.59 Å². The van der Waals surface area contributed by atoms with Crippen LogP contribution < -0.4 is 9.47 Å². The molecule has 0 saturated heterocycles. The predicted molar refractivity (Wildman–Crippen MR) is 137 cm³/mol. The summed E-state index contributed by atoms with van der Waals surface area (Å²) < 4.78 is 18.6. The van der Waals surface area contributed by atoms with Gasteiger partial charge in [0.2, 0.25) is 0 Å². The van der Waals surface area contributed by atoms with Crippen LogP contribution in [-0.2, 0) is 20.9 Å². The third-order valence-electron chi connectivity index (χ3n) is 4.40. The lowest BCUT2D eigenvalue weighted by molar-refractivity contribution is -0.147. The van der Waals surface area contributed by atoms with Crippen molar-refractivity contribution in [2.45, 2.75) is 32.3 Å². The van der Waals surface area contributed by atoms with Gasteiger partial charge in [0, 0.05) is 35.4 Å². The van der Waals surface area contributed by atoms with E-state index in [1.165, 1.54) is 0 Å². The number of hydrogen-bond donors (Lipinski definition) is 0. The largest absolute Gasteiger partial charge is 0.497 e. The maximum Gasteiger partial charge on any atom is 0.344 e. The number of carbonyl (C=O) groups excluding carboxylic acids is 2. The maximum absolute atomic E-state index is 11.9. The fraction of sp³-hybridized carbons (Fsp3) is 0.259. The van der Waals surface area contributed by atoms with Crippen LogP contribution in [0.5, 0.6) is 11.5 Å². The Morgan fingerprint density at radius 3 is 2.27 bits per heavy atom. The van der Waals surface area contributed by atoms with E-state index in [4.69, 9.17) is 14.2 Å². The number of ether oxygens (including phenoxy) is 3. The molecular formula is C27H25IO5. The molecule has 0 atom stereocenters. The minimum atomic E-state index is -0.463. The summed E-state index contributed by atoms with van der Waals surface area (Å²) in [4.78, 5) is 23.2. The summed E-state index contributed by atoms with van der Waals surface area (Å²) in [7, 11) is 1.60. The number of methoxy groups -OCH3 is 1. The van der Waals surface area contributed by atoms with Crippen LogP contribution in [0.25, 0.3) is 6.08 Å². The highest BCUT2D eigenvalue weighted by Gasteiger charge is 2.05. The lowest BCUT2D eigenvalue weighted by atomic mass is 10.1. The van der Waals surface area contributed by atoms with Gasteiger partial charge in [0.25, 0.3) is 0 Å². The Morgan fingerprint density at radius 2 is 1.64 bits per heavy atom. The molecule has 5 nitrogen and oxygen atoms in total. The second-order valence-electron chi connectivity index (χ2n) is 6.86. The van der Waals surface area contributed by atoms with Gasteiger partial charge in [-0.25, -0.2) is 4.79 Å². The van der Waals surface area contributed by atoms with Gasteiger partial charge in [-0.1, -0.05) is 42.0 Å². The van der Waals surface area contributed by atoms with E-state index in [0.717, 1.165) is 48.8 Å².